The summed E-state index contributed by atoms with van der Waals surface area (Å²) in [6.07, 6.45) is 5.48. The molecular weight excluding hydrogens is 234 g/mol. The van der Waals surface area contributed by atoms with Gasteiger partial charge in [0.05, 0.1) is 5.02 Å². The first-order valence-corrected chi connectivity index (χ1v) is 5.86. The summed E-state index contributed by atoms with van der Waals surface area (Å²) in [5.41, 5.74) is 1.07. The number of aromatic nitrogens is 1. The lowest BCUT2D eigenvalue weighted by Gasteiger charge is -2.21. The van der Waals surface area contributed by atoms with Crippen molar-refractivity contribution in [2.45, 2.75) is 6.54 Å². The number of nitrogens with zero attached hydrogens (tertiary/aromatic N) is 2. The third-order valence-electron chi connectivity index (χ3n) is 2.26. The van der Waals surface area contributed by atoms with E-state index in [1.807, 2.05) is 36.4 Å². The van der Waals surface area contributed by atoms with Crippen LogP contribution in [-0.2, 0) is 6.54 Å². The maximum atomic E-state index is 6.23. The van der Waals surface area contributed by atoms with Crippen LogP contribution in [-0.4, -0.2) is 25.1 Å². The fraction of sp³-hybridized carbons (Fsp3) is 0.308. The number of hydrogen-bond donors (Lipinski definition) is 1. The normalized spacial score (nSPS) is 10.0. The van der Waals surface area contributed by atoms with Gasteiger partial charge >= 0.3 is 0 Å². The number of rotatable bonds is 7. The lowest BCUT2D eigenvalue weighted by atomic mass is 10.2. The minimum Gasteiger partial charge on any atom is -0.348 e. The summed E-state index contributed by atoms with van der Waals surface area (Å²) in [5, 5.41) is 3.72. The van der Waals surface area contributed by atoms with Crippen molar-refractivity contribution in [3.8, 4) is 0 Å². The quantitative estimate of drug-likeness (QED) is 0.756. The maximum absolute atomic E-state index is 6.23. The highest BCUT2D eigenvalue weighted by molar-refractivity contribution is 6.33. The highest BCUT2D eigenvalue weighted by Crippen LogP contribution is 2.24. The summed E-state index contributed by atoms with van der Waals surface area (Å²) in [6, 6.07) is 1.93. The van der Waals surface area contributed by atoms with Crippen molar-refractivity contribution in [3.05, 3.63) is 48.2 Å². The molecule has 0 saturated heterocycles. The van der Waals surface area contributed by atoms with E-state index in [4.69, 9.17) is 11.6 Å². The van der Waals surface area contributed by atoms with E-state index in [1.54, 1.807) is 0 Å². The zero-order valence-corrected chi connectivity index (χ0v) is 10.9. The summed E-state index contributed by atoms with van der Waals surface area (Å²) in [5.74, 6) is 0.770. The molecule has 0 fully saturated rings. The van der Waals surface area contributed by atoms with Crippen LogP contribution in [0.5, 0.6) is 0 Å². The SMILES string of the molecule is C=CCN(CC=C)c1ncc(CNC)cc1Cl. The van der Waals surface area contributed by atoms with E-state index in [9.17, 15) is 0 Å². The van der Waals surface area contributed by atoms with Crippen LogP contribution in [0.3, 0.4) is 0 Å². The van der Waals surface area contributed by atoms with Crippen LogP contribution in [0, 0.1) is 0 Å². The van der Waals surface area contributed by atoms with Gasteiger partial charge in [-0.15, -0.1) is 13.2 Å². The average Bonchev–Trinajstić information content (AvgIpc) is 2.29. The Hall–Kier alpha value is -1.32. The Morgan fingerprint density at radius 3 is 2.53 bits per heavy atom. The van der Waals surface area contributed by atoms with Gasteiger partial charge in [-0.2, -0.15) is 0 Å². The highest BCUT2D eigenvalue weighted by atomic mass is 35.5. The van der Waals surface area contributed by atoms with Gasteiger partial charge in [-0.3, -0.25) is 0 Å². The van der Waals surface area contributed by atoms with E-state index in [0.29, 0.717) is 18.1 Å². The number of hydrogen-bond acceptors (Lipinski definition) is 3. The molecule has 0 aliphatic rings. The van der Waals surface area contributed by atoms with E-state index < -0.39 is 0 Å². The van der Waals surface area contributed by atoms with Crippen molar-refractivity contribution < 1.29 is 0 Å². The van der Waals surface area contributed by atoms with Crippen LogP contribution < -0.4 is 10.2 Å². The minimum atomic E-state index is 0.654. The molecule has 1 rings (SSSR count). The van der Waals surface area contributed by atoms with Crippen LogP contribution in [0.1, 0.15) is 5.56 Å². The van der Waals surface area contributed by atoms with Gasteiger partial charge in [-0.05, 0) is 18.7 Å². The standard InChI is InChI=1S/C13H18ClN3/c1-4-6-17(7-5-2)13-12(14)8-11(9-15-3)10-16-13/h4-5,8,10,15H,1-2,6-7,9H2,3H3. The lowest BCUT2D eigenvalue weighted by molar-refractivity contribution is 0.811. The Labute approximate surface area is 108 Å². The van der Waals surface area contributed by atoms with E-state index in [1.165, 1.54) is 0 Å². The Kier molecular flexibility index (Phi) is 5.73. The molecule has 1 heterocycles. The van der Waals surface area contributed by atoms with Crippen LogP contribution in [0.25, 0.3) is 0 Å². The van der Waals surface area contributed by atoms with Gasteiger partial charge in [0.15, 0.2) is 0 Å². The van der Waals surface area contributed by atoms with E-state index in [-0.39, 0.29) is 0 Å². The minimum absolute atomic E-state index is 0.654. The Morgan fingerprint density at radius 2 is 2.06 bits per heavy atom. The molecule has 0 saturated carbocycles. The molecule has 1 aromatic rings. The molecule has 0 atom stereocenters. The molecule has 17 heavy (non-hydrogen) atoms. The maximum Gasteiger partial charge on any atom is 0.147 e. The molecule has 92 valence electrons. The molecule has 0 radical (unpaired) electrons. The first-order valence-electron chi connectivity index (χ1n) is 5.48. The van der Waals surface area contributed by atoms with Gasteiger partial charge < -0.3 is 10.2 Å². The molecule has 0 bridgehead atoms. The van der Waals surface area contributed by atoms with Crippen LogP contribution >= 0.6 is 11.6 Å². The summed E-state index contributed by atoms with van der Waals surface area (Å²) in [4.78, 5) is 6.41. The fourth-order valence-corrected chi connectivity index (χ4v) is 1.87. The zero-order chi connectivity index (χ0) is 12.7. The van der Waals surface area contributed by atoms with E-state index in [0.717, 1.165) is 17.9 Å². The zero-order valence-electron chi connectivity index (χ0n) is 10.1. The third kappa shape index (κ3) is 3.88. The lowest BCUT2D eigenvalue weighted by Crippen LogP contribution is -2.24. The molecule has 4 heteroatoms. The first-order chi connectivity index (χ1) is 8.22. The van der Waals surface area contributed by atoms with Crippen molar-refractivity contribution >= 4 is 17.4 Å². The smallest absolute Gasteiger partial charge is 0.147 e. The Balaban J connectivity index is 2.94. The monoisotopic (exact) mass is 251 g/mol. The molecule has 1 aromatic heterocycles. The Bertz CT molecular complexity index is 380. The van der Waals surface area contributed by atoms with Gasteiger partial charge in [0.1, 0.15) is 5.82 Å². The highest BCUT2D eigenvalue weighted by Gasteiger charge is 2.09. The second-order valence-corrected chi connectivity index (χ2v) is 4.07. The van der Waals surface area contributed by atoms with E-state index in [2.05, 4.69) is 23.5 Å². The van der Waals surface area contributed by atoms with Crippen LogP contribution in [0.4, 0.5) is 5.82 Å². The number of halogens is 1. The molecular formula is C13H18ClN3. The first kappa shape index (κ1) is 13.7. The molecule has 0 aliphatic carbocycles. The summed E-state index contributed by atoms with van der Waals surface area (Å²) < 4.78 is 0. The Morgan fingerprint density at radius 1 is 1.41 bits per heavy atom. The predicted molar refractivity (Wildman–Crippen MR) is 74.6 cm³/mol. The van der Waals surface area contributed by atoms with Crippen molar-refractivity contribution in [3.63, 3.8) is 0 Å². The molecule has 1 N–H and O–H groups in total. The molecule has 0 aliphatic heterocycles. The van der Waals surface area contributed by atoms with Crippen LogP contribution in [0.2, 0.25) is 5.02 Å². The summed E-state index contributed by atoms with van der Waals surface area (Å²) >= 11 is 6.23. The van der Waals surface area contributed by atoms with Crippen molar-refractivity contribution in [1.29, 1.82) is 0 Å². The largest absolute Gasteiger partial charge is 0.348 e. The summed E-state index contributed by atoms with van der Waals surface area (Å²) in [6.45, 7) is 9.61. The fourth-order valence-electron chi connectivity index (χ4n) is 1.56. The van der Waals surface area contributed by atoms with Crippen molar-refractivity contribution in [2.75, 3.05) is 25.0 Å². The molecule has 0 amide bonds. The second-order valence-electron chi connectivity index (χ2n) is 3.66. The molecule has 0 aromatic carbocycles. The van der Waals surface area contributed by atoms with Gasteiger partial charge in [-0.1, -0.05) is 23.8 Å². The predicted octanol–water partition coefficient (Wildman–Crippen LogP) is 2.63. The van der Waals surface area contributed by atoms with Crippen LogP contribution in [0.15, 0.2) is 37.6 Å². The third-order valence-corrected chi connectivity index (χ3v) is 2.54. The number of nitrogens with one attached hydrogen (secondary N) is 1. The van der Waals surface area contributed by atoms with Gasteiger partial charge in [0.2, 0.25) is 0 Å². The van der Waals surface area contributed by atoms with E-state index >= 15 is 0 Å². The average molecular weight is 252 g/mol. The van der Waals surface area contributed by atoms with Crippen molar-refractivity contribution in [2.24, 2.45) is 0 Å². The van der Waals surface area contributed by atoms with Gasteiger partial charge in [0.25, 0.3) is 0 Å². The number of pyridine rings is 1. The number of anilines is 1. The molecule has 0 unspecified atom stereocenters. The van der Waals surface area contributed by atoms with Crippen molar-refractivity contribution in [1.82, 2.24) is 10.3 Å². The van der Waals surface area contributed by atoms with Gasteiger partial charge in [-0.25, -0.2) is 4.98 Å². The van der Waals surface area contributed by atoms with Gasteiger partial charge in [0, 0.05) is 25.8 Å². The topological polar surface area (TPSA) is 28.2 Å². The molecule has 3 nitrogen and oxygen atoms in total. The molecule has 0 spiro atoms. The second kappa shape index (κ2) is 7.09. The summed E-state index contributed by atoms with van der Waals surface area (Å²) in [7, 11) is 1.89.